The number of benzene rings is 1. The fourth-order valence-electron chi connectivity index (χ4n) is 4.13. The Kier molecular flexibility index (Phi) is 5.59. The Bertz CT molecular complexity index is 840. The molecule has 3 rings (SSSR count). The second kappa shape index (κ2) is 7.81. The average molecular weight is 402 g/mol. The van der Waals surface area contributed by atoms with Crippen molar-refractivity contribution < 1.29 is 19.3 Å². The Hall–Kier alpha value is -2.97. The monoisotopic (exact) mass is 402 g/mol. The largest absolute Gasteiger partial charge is 0.352 e. The summed E-state index contributed by atoms with van der Waals surface area (Å²) in [5.74, 6) is -0.0821. The standard InChI is InChI=1S/C20H26N4O5/c1-12-5-4-6-16(13(12)2)21-17(25)11-23-18(26)20(3,22-19(23)27)14-7-9-15(10-8-14)24(28)29/h7-10,12-13,16H,4-6,11H2,1-3H3,(H,21,25)(H,22,27)/t12-,13-,16-,20-/m1/s1. The molecule has 0 bridgehead atoms. The van der Waals surface area contributed by atoms with Crippen molar-refractivity contribution in [3.8, 4) is 0 Å². The second-order valence-corrected chi connectivity index (χ2v) is 8.19. The van der Waals surface area contributed by atoms with E-state index in [-0.39, 0.29) is 24.2 Å². The number of hydrogen-bond acceptors (Lipinski definition) is 5. The van der Waals surface area contributed by atoms with Gasteiger partial charge in [0.25, 0.3) is 11.6 Å². The summed E-state index contributed by atoms with van der Waals surface area (Å²) in [7, 11) is 0. The lowest BCUT2D eigenvalue weighted by Crippen LogP contribution is -2.48. The van der Waals surface area contributed by atoms with Crippen molar-refractivity contribution in [2.75, 3.05) is 6.54 Å². The van der Waals surface area contributed by atoms with E-state index in [1.165, 1.54) is 31.2 Å². The zero-order chi connectivity index (χ0) is 21.3. The van der Waals surface area contributed by atoms with Gasteiger partial charge in [0, 0.05) is 18.2 Å². The molecule has 4 atom stereocenters. The smallest absolute Gasteiger partial charge is 0.325 e. The average Bonchev–Trinajstić information content (AvgIpc) is 2.89. The number of nitrogens with one attached hydrogen (secondary N) is 2. The normalized spacial score (nSPS) is 29.5. The van der Waals surface area contributed by atoms with Gasteiger partial charge in [-0.25, -0.2) is 4.79 Å². The van der Waals surface area contributed by atoms with Gasteiger partial charge in [-0.3, -0.25) is 24.6 Å². The maximum Gasteiger partial charge on any atom is 0.325 e. The zero-order valence-electron chi connectivity index (χ0n) is 16.8. The Morgan fingerprint density at radius 2 is 1.93 bits per heavy atom. The first-order valence-corrected chi connectivity index (χ1v) is 9.82. The molecule has 1 heterocycles. The van der Waals surface area contributed by atoms with E-state index in [0.29, 0.717) is 17.4 Å². The number of non-ortho nitro benzene ring substituents is 1. The van der Waals surface area contributed by atoms with E-state index >= 15 is 0 Å². The molecule has 9 heteroatoms. The Balaban J connectivity index is 1.69. The number of imide groups is 1. The highest BCUT2D eigenvalue weighted by Gasteiger charge is 2.49. The van der Waals surface area contributed by atoms with Crippen LogP contribution in [0.2, 0.25) is 0 Å². The minimum absolute atomic E-state index is 0.0353. The van der Waals surface area contributed by atoms with Gasteiger partial charge in [-0.05, 0) is 42.9 Å². The molecule has 1 aliphatic carbocycles. The third kappa shape index (κ3) is 3.94. The first kappa shape index (κ1) is 20.8. The van der Waals surface area contributed by atoms with E-state index in [4.69, 9.17) is 0 Å². The van der Waals surface area contributed by atoms with Crippen LogP contribution in [-0.4, -0.2) is 40.3 Å². The third-order valence-corrected chi connectivity index (χ3v) is 6.29. The number of hydrogen-bond donors (Lipinski definition) is 2. The number of nitro groups is 1. The molecule has 1 saturated carbocycles. The van der Waals surface area contributed by atoms with E-state index in [2.05, 4.69) is 24.5 Å². The number of carbonyl (C=O) groups is 3. The highest BCUT2D eigenvalue weighted by Crippen LogP contribution is 2.31. The van der Waals surface area contributed by atoms with E-state index in [0.717, 1.165) is 24.2 Å². The van der Waals surface area contributed by atoms with Crippen LogP contribution in [0.15, 0.2) is 24.3 Å². The fourth-order valence-corrected chi connectivity index (χ4v) is 4.13. The molecule has 4 amide bonds. The molecular formula is C20H26N4O5. The summed E-state index contributed by atoms with van der Waals surface area (Å²) in [4.78, 5) is 49.0. The van der Waals surface area contributed by atoms with Crippen LogP contribution in [0.3, 0.4) is 0 Å². The van der Waals surface area contributed by atoms with Gasteiger partial charge in [0.2, 0.25) is 5.91 Å². The van der Waals surface area contributed by atoms with Crippen molar-refractivity contribution in [2.24, 2.45) is 11.8 Å². The summed E-state index contributed by atoms with van der Waals surface area (Å²) >= 11 is 0. The van der Waals surface area contributed by atoms with E-state index in [1.54, 1.807) is 0 Å². The molecule has 1 aliphatic heterocycles. The quantitative estimate of drug-likeness (QED) is 0.445. The molecule has 0 spiro atoms. The summed E-state index contributed by atoms with van der Waals surface area (Å²) in [6, 6.07) is 4.81. The van der Waals surface area contributed by atoms with Gasteiger partial charge in [0.1, 0.15) is 12.1 Å². The second-order valence-electron chi connectivity index (χ2n) is 8.19. The molecular weight excluding hydrogens is 376 g/mol. The molecule has 2 aliphatic rings. The van der Waals surface area contributed by atoms with Crippen LogP contribution in [0.5, 0.6) is 0 Å². The molecule has 0 aromatic heterocycles. The van der Waals surface area contributed by atoms with Gasteiger partial charge in [0.05, 0.1) is 4.92 Å². The van der Waals surface area contributed by atoms with Crippen LogP contribution in [0.25, 0.3) is 0 Å². The molecule has 0 radical (unpaired) electrons. The number of nitrogens with zero attached hydrogens (tertiary/aromatic N) is 2. The Morgan fingerprint density at radius 1 is 1.28 bits per heavy atom. The van der Waals surface area contributed by atoms with E-state index < -0.39 is 22.4 Å². The maximum absolute atomic E-state index is 12.9. The van der Waals surface area contributed by atoms with Crippen molar-refractivity contribution in [2.45, 2.75) is 51.6 Å². The number of amides is 4. The lowest BCUT2D eigenvalue weighted by atomic mass is 9.78. The molecule has 0 unspecified atom stereocenters. The minimum atomic E-state index is -1.38. The minimum Gasteiger partial charge on any atom is -0.352 e. The molecule has 9 nitrogen and oxygen atoms in total. The Morgan fingerprint density at radius 3 is 2.55 bits per heavy atom. The van der Waals surface area contributed by atoms with Crippen LogP contribution in [0.4, 0.5) is 10.5 Å². The summed E-state index contributed by atoms with van der Waals surface area (Å²) < 4.78 is 0. The topological polar surface area (TPSA) is 122 Å². The van der Waals surface area contributed by atoms with Crippen molar-refractivity contribution in [3.63, 3.8) is 0 Å². The van der Waals surface area contributed by atoms with Crippen LogP contribution in [-0.2, 0) is 15.1 Å². The first-order chi connectivity index (χ1) is 13.6. The molecule has 2 fully saturated rings. The zero-order valence-corrected chi connectivity index (χ0v) is 16.8. The molecule has 1 aromatic rings. The summed E-state index contributed by atoms with van der Waals surface area (Å²) in [5, 5.41) is 16.4. The van der Waals surface area contributed by atoms with Crippen LogP contribution < -0.4 is 10.6 Å². The van der Waals surface area contributed by atoms with Crippen LogP contribution in [0.1, 0.15) is 45.6 Å². The Labute approximate surface area is 169 Å². The third-order valence-electron chi connectivity index (χ3n) is 6.29. The summed E-state index contributed by atoms with van der Waals surface area (Å²) in [6.45, 7) is 5.44. The number of nitro benzene ring substituents is 1. The van der Waals surface area contributed by atoms with Crippen molar-refractivity contribution in [1.29, 1.82) is 0 Å². The van der Waals surface area contributed by atoms with Crippen LogP contribution in [0, 0.1) is 22.0 Å². The van der Waals surface area contributed by atoms with E-state index in [1.807, 2.05) is 0 Å². The lowest BCUT2D eigenvalue weighted by molar-refractivity contribution is -0.384. The molecule has 156 valence electrons. The van der Waals surface area contributed by atoms with Crippen molar-refractivity contribution in [1.82, 2.24) is 15.5 Å². The molecule has 1 aromatic carbocycles. The van der Waals surface area contributed by atoms with Gasteiger partial charge in [-0.2, -0.15) is 0 Å². The molecule has 2 N–H and O–H groups in total. The summed E-state index contributed by atoms with van der Waals surface area (Å²) in [5.41, 5.74) is -1.07. The SMILES string of the molecule is C[C@@H]1[C@H](C)CCC[C@H]1NC(=O)CN1C(=O)N[C@](C)(c2ccc([N+](=O)[O-])cc2)C1=O. The van der Waals surface area contributed by atoms with Crippen molar-refractivity contribution >= 4 is 23.5 Å². The predicted molar refractivity (Wildman–Crippen MR) is 105 cm³/mol. The first-order valence-electron chi connectivity index (χ1n) is 9.82. The fraction of sp³-hybridized carbons (Fsp3) is 0.550. The highest BCUT2D eigenvalue weighted by molar-refractivity contribution is 6.09. The van der Waals surface area contributed by atoms with Gasteiger partial charge < -0.3 is 10.6 Å². The number of urea groups is 1. The van der Waals surface area contributed by atoms with E-state index in [9.17, 15) is 24.5 Å². The lowest BCUT2D eigenvalue weighted by Gasteiger charge is -2.34. The maximum atomic E-state index is 12.9. The molecule has 1 saturated heterocycles. The highest BCUT2D eigenvalue weighted by atomic mass is 16.6. The van der Waals surface area contributed by atoms with Gasteiger partial charge in [-0.15, -0.1) is 0 Å². The molecule has 29 heavy (non-hydrogen) atoms. The van der Waals surface area contributed by atoms with Gasteiger partial charge in [0.15, 0.2) is 0 Å². The number of carbonyl (C=O) groups excluding carboxylic acids is 3. The predicted octanol–water partition coefficient (Wildman–Crippen LogP) is 2.30. The number of rotatable bonds is 5. The van der Waals surface area contributed by atoms with Gasteiger partial charge in [-0.1, -0.05) is 26.7 Å². The van der Waals surface area contributed by atoms with Crippen LogP contribution >= 0.6 is 0 Å². The van der Waals surface area contributed by atoms with Gasteiger partial charge >= 0.3 is 6.03 Å². The summed E-state index contributed by atoms with van der Waals surface area (Å²) in [6.07, 6.45) is 3.06. The van der Waals surface area contributed by atoms with Crippen molar-refractivity contribution in [3.05, 3.63) is 39.9 Å².